The van der Waals surface area contributed by atoms with Crippen LogP contribution in [0, 0.1) is 0 Å². The number of ether oxygens (including phenoxy) is 2. The van der Waals surface area contributed by atoms with Gasteiger partial charge >= 0.3 is 13.8 Å². The van der Waals surface area contributed by atoms with Crippen molar-refractivity contribution in [3.63, 3.8) is 0 Å². The van der Waals surface area contributed by atoms with Crippen LogP contribution in [0.3, 0.4) is 0 Å². The van der Waals surface area contributed by atoms with E-state index >= 15 is 0 Å². The van der Waals surface area contributed by atoms with E-state index in [2.05, 4.69) is 38.2 Å². The molecule has 0 aliphatic rings. The maximum absolute atomic E-state index is 12.8. The lowest BCUT2D eigenvalue weighted by Crippen LogP contribution is -2.37. The zero-order valence-corrected chi connectivity index (χ0v) is 43.5. The third-order valence-corrected chi connectivity index (χ3v) is 13.0. The maximum atomic E-state index is 12.8. The molecule has 0 aromatic rings. The van der Waals surface area contributed by atoms with Crippen molar-refractivity contribution in [1.29, 1.82) is 0 Å². The minimum absolute atomic E-state index is 0.0902. The zero-order chi connectivity index (χ0) is 46.2. The summed E-state index contributed by atoms with van der Waals surface area (Å²) < 4.78 is 35.2. The van der Waals surface area contributed by atoms with Crippen LogP contribution >= 0.6 is 7.82 Å². The molecule has 0 spiro atoms. The molecule has 0 aromatic carbocycles. The Kier molecular flexibility index (Phi) is 46.7. The summed E-state index contributed by atoms with van der Waals surface area (Å²) in [6.07, 6.45) is 56.6. The van der Waals surface area contributed by atoms with E-state index in [0.29, 0.717) is 24.1 Å². The van der Waals surface area contributed by atoms with E-state index in [1.807, 2.05) is 21.1 Å². The Morgan fingerprint density at radius 3 is 1.32 bits per heavy atom. The highest BCUT2D eigenvalue weighted by Gasteiger charge is 2.26. The predicted octanol–water partition coefficient (Wildman–Crippen LogP) is 16.7. The molecule has 0 saturated heterocycles. The van der Waals surface area contributed by atoms with Crippen molar-refractivity contribution in [3.05, 3.63) is 24.3 Å². The summed E-state index contributed by atoms with van der Waals surface area (Å²) in [6.45, 7) is 5.65. The van der Waals surface area contributed by atoms with Gasteiger partial charge in [-0.2, -0.15) is 0 Å². The van der Waals surface area contributed by atoms with Crippen LogP contribution in [0.1, 0.15) is 258 Å². The zero-order valence-electron chi connectivity index (χ0n) is 42.6. The van der Waals surface area contributed by atoms with Gasteiger partial charge in [-0.15, -0.1) is 0 Å². The average Bonchev–Trinajstić information content (AvgIpc) is 3.24. The number of carbonyl (C=O) groups excluding carboxylic acids is 1. The van der Waals surface area contributed by atoms with Crippen LogP contribution in [0.15, 0.2) is 24.3 Å². The van der Waals surface area contributed by atoms with Crippen molar-refractivity contribution in [2.24, 2.45) is 0 Å². The summed E-state index contributed by atoms with van der Waals surface area (Å²) >= 11 is 0. The molecule has 0 rings (SSSR count). The number of esters is 1. The molecule has 0 fully saturated rings. The van der Waals surface area contributed by atoms with E-state index in [-0.39, 0.29) is 25.8 Å². The number of rotatable bonds is 51. The maximum Gasteiger partial charge on any atom is 0.472 e. The second-order valence-electron chi connectivity index (χ2n) is 19.6. The fourth-order valence-corrected chi connectivity index (χ4v) is 8.56. The molecule has 0 saturated carbocycles. The van der Waals surface area contributed by atoms with Gasteiger partial charge in [-0.05, 0) is 44.9 Å². The van der Waals surface area contributed by atoms with Gasteiger partial charge in [0.2, 0.25) is 0 Å². The quantitative estimate of drug-likeness (QED) is 0.0214. The Morgan fingerprint density at radius 2 is 0.873 bits per heavy atom. The Labute approximate surface area is 392 Å². The van der Waals surface area contributed by atoms with Gasteiger partial charge < -0.3 is 18.9 Å². The van der Waals surface area contributed by atoms with Gasteiger partial charge in [0.15, 0.2) is 0 Å². The number of phosphoric ester groups is 1. The number of likely N-dealkylation sites (N-methyl/N-ethyl adjacent to an activating group) is 1. The fourth-order valence-electron chi connectivity index (χ4n) is 7.82. The molecule has 2 atom stereocenters. The topological polar surface area (TPSA) is 91.3 Å². The summed E-state index contributed by atoms with van der Waals surface area (Å²) in [5.41, 5.74) is 0. The minimum atomic E-state index is -4.28. The Bertz CT molecular complexity index is 1060. The Morgan fingerprint density at radius 1 is 0.492 bits per heavy atom. The number of quaternary nitrogens is 1. The van der Waals surface area contributed by atoms with Crippen LogP contribution in [0.2, 0.25) is 0 Å². The van der Waals surface area contributed by atoms with Crippen LogP contribution in [0.5, 0.6) is 0 Å². The third-order valence-electron chi connectivity index (χ3n) is 12.0. The van der Waals surface area contributed by atoms with Crippen LogP contribution in [-0.2, 0) is 27.9 Å². The lowest BCUT2D eigenvalue weighted by Gasteiger charge is -2.24. The van der Waals surface area contributed by atoms with Crippen molar-refractivity contribution >= 4 is 13.8 Å². The first kappa shape index (κ1) is 62.0. The van der Waals surface area contributed by atoms with E-state index in [9.17, 15) is 14.3 Å². The van der Waals surface area contributed by atoms with Gasteiger partial charge in [0.25, 0.3) is 0 Å². The lowest BCUT2D eigenvalue weighted by atomic mass is 10.0. The molecule has 2 unspecified atom stereocenters. The van der Waals surface area contributed by atoms with Gasteiger partial charge in [-0.25, -0.2) is 4.57 Å². The van der Waals surface area contributed by atoms with E-state index in [0.717, 1.165) is 38.5 Å². The lowest BCUT2D eigenvalue weighted by molar-refractivity contribution is -0.870. The normalized spacial score (nSPS) is 13.7. The number of carbonyl (C=O) groups is 1. The van der Waals surface area contributed by atoms with Crippen molar-refractivity contribution < 1.29 is 37.3 Å². The van der Waals surface area contributed by atoms with Gasteiger partial charge in [0.1, 0.15) is 19.3 Å². The van der Waals surface area contributed by atoms with E-state index in [1.54, 1.807) is 0 Å². The number of allylic oxidation sites excluding steroid dienone is 4. The van der Waals surface area contributed by atoms with Crippen molar-refractivity contribution in [1.82, 2.24) is 0 Å². The molecular weight excluding hydrogens is 806 g/mol. The minimum Gasteiger partial charge on any atom is -0.457 e. The molecule has 1 N–H and O–H groups in total. The summed E-state index contributed by atoms with van der Waals surface area (Å²) in [5.74, 6) is -0.313. The smallest absolute Gasteiger partial charge is 0.457 e. The first-order valence-electron chi connectivity index (χ1n) is 27.1. The van der Waals surface area contributed by atoms with Gasteiger partial charge in [0, 0.05) is 13.0 Å². The highest BCUT2D eigenvalue weighted by molar-refractivity contribution is 7.47. The molecule has 0 heterocycles. The Hall–Kier alpha value is -1.02. The number of phosphoric acid groups is 1. The summed E-state index contributed by atoms with van der Waals surface area (Å²) in [6, 6.07) is 0. The first-order chi connectivity index (χ1) is 30.6. The van der Waals surface area contributed by atoms with Crippen molar-refractivity contribution in [2.75, 3.05) is 54.1 Å². The van der Waals surface area contributed by atoms with E-state index in [4.69, 9.17) is 18.5 Å². The Balaban J connectivity index is 4.08. The molecule has 0 aliphatic carbocycles. The second kappa shape index (κ2) is 47.5. The third kappa shape index (κ3) is 51.8. The van der Waals surface area contributed by atoms with Gasteiger partial charge in [0.05, 0.1) is 34.4 Å². The standard InChI is InChI=1S/C54H106NO7P/c1-6-8-10-12-14-16-18-20-22-24-26-27-28-30-32-34-36-38-40-42-44-46-49-59-51-53(52-61-63(57,58)60-50-48-55(3,4)5)62-54(56)47-45-43-41-39-37-35-33-31-29-25-23-21-19-17-15-13-11-9-7-2/h15,17,21,23,53H,6-14,16,18-20,22,24-52H2,1-5H3/p+1/b17-15-,23-21-. The van der Waals surface area contributed by atoms with Crippen LogP contribution in [0.25, 0.3) is 0 Å². The molecular formula is C54H107NO7P+. The van der Waals surface area contributed by atoms with E-state index < -0.39 is 13.9 Å². The molecule has 0 aliphatic heterocycles. The molecule has 8 nitrogen and oxygen atoms in total. The van der Waals surface area contributed by atoms with Gasteiger partial charge in [-0.1, -0.05) is 231 Å². The molecule has 0 radical (unpaired) electrons. The second-order valence-corrected chi connectivity index (χ2v) is 21.1. The number of hydrogen-bond donors (Lipinski definition) is 1. The van der Waals surface area contributed by atoms with Crippen molar-refractivity contribution in [2.45, 2.75) is 264 Å². The summed E-state index contributed by atoms with van der Waals surface area (Å²) in [4.78, 5) is 23.0. The SMILES string of the molecule is CCCCC/C=C\C/C=C\CCCCCCCCCCCC(=O)OC(COCCCCCCCCCCCCCCCCCCCCCCCC)COP(=O)(O)OCC[N+](C)(C)C. The monoisotopic (exact) mass is 913 g/mol. The predicted molar refractivity (Wildman–Crippen MR) is 270 cm³/mol. The number of unbranched alkanes of at least 4 members (excludes halogenated alkanes) is 33. The molecule has 0 aromatic heterocycles. The molecule has 9 heteroatoms. The van der Waals surface area contributed by atoms with Crippen LogP contribution in [0.4, 0.5) is 0 Å². The number of nitrogens with zero attached hydrogens (tertiary/aromatic N) is 1. The highest BCUT2D eigenvalue weighted by atomic mass is 31.2. The van der Waals surface area contributed by atoms with Gasteiger partial charge in [-0.3, -0.25) is 13.8 Å². The van der Waals surface area contributed by atoms with Crippen LogP contribution < -0.4 is 0 Å². The molecule has 0 bridgehead atoms. The summed E-state index contributed by atoms with van der Waals surface area (Å²) in [7, 11) is 1.68. The van der Waals surface area contributed by atoms with E-state index in [1.165, 1.54) is 199 Å². The molecule has 0 amide bonds. The van der Waals surface area contributed by atoms with Crippen molar-refractivity contribution in [3.8, 4) is 0 Å². The average molecular weight is 913 g/mol. The fraction of sp³-hybridized carbons (Fsp3) is 0.907. The number of hydrogen-bond acceptors (Lipinski definition) is 6. The largest absolute Gasteiger partial charge is 0.472 e. The first-order valence-corrected chi connectivity index (χ1v) is 28.6. The molecule has 63 heavy (non-hydrogen) atoms. The van der Waals surface area contributed by atoms with Crippen LogP contribution in [-0.4, -0.2) is 75.6 Å². The molecule has 374 valence electrons. The summed E-state index contributed by atoms with van der Waals surface area (Å²) in [5, 5.41) is 0. The highest BCUT2D eigenvalue weighted by Crippen LogP contribution is 2.43.